The molecule has 1 atom stereocenters. The second-order valence-electron chi connectivity index (χ2n) is 10.2. The van der Waals surface area contributed by atoms with Gasteiger partial charge in [0, 0.05) is 33.4 Å². The molecule has 0 aliphatic carbocycles. The summed E-state index contributed by atoms with van der Waals surface area (Å²) in [6.45, 7) is 8.24. The molecule has 2 N–H and O–H groups in total. The zero-order valence-corrected chi connectivity index (χ0v) is 21.4. The number of hydrogen-bond donors (Lipinski definition) is 2. The van der Waals surface area contributed by atoms with E-state index in [-0.39, 0.29) is 16.7 Å². The number of aryl methyl sites for hydroxylation is 1. The van der Waals surface area contributed by atoms with Gasteiger partial charge in [-0.3, -0.25) is 14.5 Å². The Bertz CT molecular complexity index is 1540. The number of aromatic nitrogens is 1. The number of aliphatic hydroxyl groups excluding tert-OH is 1. The van der Waals surface area contributed by atoms with E-state index in [1.807, 2.05) is 61.5 Å². The van der Waals surface area contributed by atoms with Crippen LogP contribution in [0.3, 0.4) is 0 Å². The van der Waals surface area contributed by atoms with E-state index in [2.05, 4.69) is 25.8 Å². The molecule has 1 saturated heterocycles. The van der Waals surface area contributed by atoms with Crippen LogP contribution in [0, 0.1) is 6.92 Å². The van der Waals surface area contributed by atoms with Crippen molar-refractivity contribution < 1.29 is 14.7 Å². The number of H-pyrrole nitrogens is 1. The monoisotopic (exact) mass is 498 g/mol. The normalized spacial score (nSPS) is 17.8. The largest absolute Gasteiger partial charge is 0.507 e. The maximum Gasteiger partial charge on any atom is 0.300 e. The number of amides is 1. The van der Waals surface area contributed by atoms with Crippen molar-refractivity contribution in [2.45, 2.75) is 39.2 Å². The number of nitrogens with one attached hydrogen (secondary N) is 1. The number of para-hydroxylation sites is 1. The third kappa shape index (κ3) is 3.90. The van der Waals surface area contributed by atoms with E-state index in [1.165, 1.54) is 4.90 Å². The summed E-state index contributed by atoms with van der Waals surface area (Å²) in [7, 11) is 0. The highest BCUT2D eigenvalue weighted by Crippen LogP contribution is 2.44. The third-order valence-corrected chi connectivity index (χ3v) is 7.05. The Labute approximate surface area is 215 Å². The van der Waals surface area contributed by atoms with Gasteiger partial charge in [-0.05, 0) is 47.2 Å². The van der Waals surface area contributed by atoms with Gasteiger partial charge in [0.2, 0.25) is 0 Å². The van der Waals surface area contributed by atoms with E-state index in [9.17, 15) is 14.7 Å². The number of Topliss-reactive ketones (excluding diaryl/α,β-unsaturated/α-hetero) is 1. The van der Waals surface area contributed by atoms with E-state index in [0.717, 1.165) is 27.6 Å². The molecule has 5 rings (SSSR count). The van der Waals surface area contributed by atoms with Gasteiger partial charge in [-0.15, -0.1) is 0 Å². The van der Waals surface area contributed by atoms with Crippen LogP contribution in [-0.4, -0.2) is 21.8 Å². The van der Waals surface area contributed by atoms with E-state index in [4.69, 9.17) is 11.6 Å². The van der Waals surface area contributed by atoms with Gasteiger partial charge in [0.15, 0.2) is 0 Å². The van der Waals surface area contributed by atoms with Gasteiger partial charge in [-0.25, -0.2) is 0 Å². The first-order valence-electron chi connectivity index (χ1n) is 11.8. The van der Waals surface area contributed by atoms with Crippen LogP contribution < -0.4 is 4.90 Å². The van der Waals surface area contributed by atoms with Gasteiger partial charge in [0.25, 0.3) is 11.7 Å². The number of nitrogens with zero attached hydrogens (tertiary/aromatic N) is 1. The summed E-state index contributed by atoms with van der Waals surface area (Å²) in [5, 5.41) is 12.8. The van der Waals surface area contributed by atoms with E-state index in [0.29, 0.717) is 16.3 Å². The fourth-order valence-corrected chi connectivity index (χ4v) is 4.98. The highest BCUT2D eigenvalue weighted by atomic mass is 35.5. The van der Waals surface area contributed by atoms with E-state index >= 15 is 0 Å². The molecule has 3 aromatic carbocycles. The molecule has 0 radical (unpaired) electrons. The number of anilines is 1. The molecule has 5 nitrogen and oxygen atoms in total. The SMILES string of the molecule is Cc1ccc(Cl)cc1N1C(=O)C(=O)/C(=C(\O)c2c[nH]c3ccccc23)C1c1ccc(C(C)(C)C)cc1. The van der Waals surface area contributed by atoms with E-state index < -0.39 is 17.7 Å². The minimum atomic E-state index is -0.815. The fraction of sp³-hybridized carbons (Fsp3) is 0.200. The van der Waals surface area contributed by atoms with Gasteiger partial charge in [0.1, 0.15) is 5.76 Å². The highest BCUT2D eigenvalue weighted by Gasteiger charge is 2.47. The number of aromatic amines is 1. The second-order valence-corrected chi connectivity index (χ2v) is 10.7. The van der Waals surface area contributed by atoms with E-state index in [1.54, 1.807) is 18.3 Å². The summed E-state index contributed by atoms with van der Waals surface area (Å²) in [6.07, 6.45) is 1.66. The van der Waals surface area contributed by atoms with Gasteiger partial charge in [0.05, 0.1) is 11.6 Å². The third-order valence-electron chi connectivity index (χ3n) is 6.81. The lowest BCUT2D eigenvalue weighted by molar-refractivity contribution is -0.132. The number of aliphatic hydroxyl groups is 1. The molecule has 36 heavy (non-hydrogen) atoms. The van der Waals surface area contributed by atoms with Crippen molar-refractivity contribution >= 4 is 45.6 Å². The average molecular weight is 499 g/mol. The maximum atomic E-state index is 13.5. The predicted octanol–water partition coefficient (Wildman–Crippen LogP) is 7.05. The summed E-state index contributed by atoms with van der Waals surface area (Å²) in [5.74, 6) is -1.65. The van der Waals surface area contributed by atoms with Gasteiger partial charge in [-0.1, -0.05) is 80.9 Å². The lowest BCUT2D eigenvalue weighted by atomic mass is 9.85. The number of hydrogen-bond acceptors (Lipinski definition) is 3. The predicted molar refractivity (Wildman–Crippen MR) is 144 cm³/mol. The van der Waals surface area contributed by atoms with Crippen LogP contribution in [0.5, 0.6) is 0 Å². The average Bonchev–Trinajstić information content (AvgIpc) is 3.39. The summed E-state index contributed by atoms with van der Waals surface area (Å²) in [5.41, 5.74) is 4.47. The standard InChI is InChI=1S/C30H27ClN2O3/c1-17-9-14-20(31)15-24(17)33-26(18-10-12-19(13-11-18)30(2,3)4)25(28(35)29(33)36)27(34)22-16-32-23-8-6-5-7-21(22)23/h5-16,26,32,34H,1-4H3/b27-25-. The van der Waals surface area contributed by atoms with Crippen molar-refractivity contribution in [1.29, 1.82) is 0 Å². The summed E-state index contributed by atoms with van der Waals surface area (Å²) < 4.78 is 0. The van der Waals surface area contributed by atoms with Crippen LogP contribution in [0.25, 0.3) is 16.7 Å². The smallest absolute Gasteiger partial charge is 0.300 e. The maximum absolute atomic E-state index is 13.5. The van der Waals surface area contributed by atoms with Gasteiger partial charge >= 0.3 is 0 Å². The molecule has 1 aliphatic heterocycles. The lowest BCUT2D eigenvalue weighted by Gasteiger charge is -2.28. The lowest BCUT2D eigenvalue weighted by Crippen LogP contribution is -2.30. The van der Waals surface area contributed by atoms with Crippen molar-refractivity contribution in [2.75, 3.05) is 4.90 Å². The zero-order valence-electron chi connectivity index (χ0n) is 20.6. The topological polar surface area (TPSA) is 73.4 Å². The fourth-order valence-electron chi connectivity index (χ4n) is 4.82. The highest BCUT2D eigenvalue weighted by molar-refractivity contribution is 6.52. The number of benzene rings is 3. The molecule has 1 aromatic heterocycles. The van der Waals surface area contributed by atoms with Crippen molar-refractivity contribution in [3.63, 3.8) is 0 Å². The number of carbonyl (C=O) groups excluding carboxylic acids is 2. The molecule has 6 heteroatoms. The van der Waals surface area contributed by atoms with Crippen molar-refractivity contribution in [3.05, 3.63) is 106 Å². The van der Waals surface area contributed by atoms with Crippen LogP contribution in [0.2, 0.25) is 5.02 Å². The first kappa shape index (κ1) is 23.9. The van der Waals surface area contributed by atoms with Crippen molar-refractivity contribution in [3.8, 4) is 0 Å². The molecule has 1 fully saturated rings. The zero-order chi connectivity index (χ0) is 25.8. The minimum Gasteiger partial charge on any atom is -0.507 e. The molecule has 1 aliphatic rings. The van der Waals surface area contributed by atoms with Crippen LogP contribution in [0.1, 0.15) is 49.1 Å². The molecule has 1 amide bonds. The van der Waals surface area contributed by atoms with Crippen molar-refractivity contribution in [1.82, 2.24) is 4.98 Å². The minimum absolute atomic E-state index is 0.0487. The van der Waals surface area contributed by atoms with Gasteiger partial charge < -0.3 is 10.1 Å². The molecule has 182 valence electrons. The first-order valence-corrected chi connectivity index (χ1v) is 12.2. The number of halogens is 1. The van der Waals surface area contributed by atoms with Crippen LogP contribution >= 0.6 is 11.6 Å². The quantitative estimate of drug-likeness (QED) is 0.180. The van der Waals surface area contributed by atoms with Gasteiger partial charge in [-0.2, -0.15) is 0 Å². The molecule has 2 heterocycles. The summed E-state index contributed by atoms with van der Waals surface area (Å²) in [6, 6.07) is 19.8. The Morgan fingerprint density at radius 2 is 1.69 bits per heavy atom. The number of fused-ring (bicyclic) bond motifs is 1. The van der Waals surface area contributed by atoms with Crippen LogP contribution in [0.15, 0.2) is 78.5 Å². The molecule has 0 saturated carbocycles. The second kappa shape index (κ2) is 8.68. The Morgan fingerprint density at radius 3 is 2.39 bits per heavy atom. The summed E-state index contributed by atoms with van der Waals surface area (Å²) in [4.78, 5) is 31.6. The van der Waals surface area contributed by atoms with Crippen molar-refractivity contribution in [2.24, 2.45) is 0 Å². The van der Waals surface area contributed by atoms with Crippen LogP contribution in [0.4, 0.5) is 5.69 Å². The van der Waals surface area contributed by atoms with Crippen LogP contribution in [-0.2, 0) is 15.0 Å². The number of rotatable bonds is 3. The molecule has 1 unspecified atom stereocenters. The Hall–Kier alpha value is -3.83. The molecular formula is C30H27ClN2O3. The Morgan fingerprint density at radius 1 is 1.00 bits per heavy atom. The number of carbonyl (C=O) groups is 2. The molecule has 0 bridgehead atoms. The summed E-state index contributed by atoms with van der Waals surface area (Å²) >= 11 is 6.30. The Kier molecular flexibility index (Phi) is 5.76. The Balaban J connectivity index is 1.76. The molecule has 0 spiro atoms. The molecule has 4 aromatic rings. The number of ketones is 1. The first-order chi connectivity index (χ1) is 17.1. The molecular weight excluding hydrogens is 472 g/mol.